The number of ether oxygens (including phenoxy) is 1. The zero-order valence-electron chi connectivity index (χ0n) is 12.1. The number of carbonyl (C=O) groups excluding carboxylic acids is 1. The molecule has 0 unspecified atom stereocenters. The number of likely N-dealkylation sites (tertiary alicyclic amines) is 1. The van der Waals surface area contributed by atoms with Gasteiger partial charge in [0, 0.05) is 19.6 Å². The van der Waals surface area contributed by atoms with E-state index < -0.39 is 0 Å². The highest BCUT2D eigenvalue weighted by Gasteiger charge is 2.19. The van der Waals surface area contributed by atoms with Crippen molar-refractivity contribution in [3.05, 3.63) is 23.8 Å². The molecule has 20 heavy (non-hydrogen) atoms. The number of hydrogen-bond donors (Lipinski definition) is 1. The fraction of sp³-hybridized carbons (Fsp3) is 0.533. The Hall–Kier alpha value is -1.75. The van der Waals surface area contributed by atoms with E-state index in [1.54, 1.807) is 12.1 Å². The van der Waals surface area contributed by atoms with Crippen molar-refractivity contribution in [2.75, 3.05) is 33.8 Å². The Balaban J connectivity index is 1.88. The number of carbonyl (C=O) groups is 1. The first-order valence-corrected chi connectivity index (χ1v) is 6.92. The topological polar surface area (TPSA) is 53.0 Å². The van der Waals surface area contributed by atoms with Gasteiger partial charge < -0.3 is 14.7 Å². The van der Waals surface area contributed by atoms with E-state index in [0.29, 0.717) is 18.8 Å². The number of methoxy groups -OCH3 is 1. The molecule has 5 nitrogen and oxygen atoms in total. The summed E-state index contributed by atoms with van der Waals surface area (Å²) in [4.78, 5) is 15.9. The minimum absolute atomic E-state index is 0.129. The van der Waals surface area contributed by atoms with Crippen LogP contribution >= 0.6 is 0 Å². The Labute approximate surface area is 119 Å². The van der Waals surface area contributed by atoms with Gasteiger partial charge in [-0.2, -0.15) is 0 Å². The largest absolute Gasteiger partial charge is 0.504 e. The van der Waals surface area contributed by atoms with E-state index in [0.717, 1.165) is 31.5 Å². The Morgan fingerprint density at radius 3 is 2.70 bits per heavy atom. The summed E-state index contributed by atoms with van der Waals surface area (Å²) in [5, 5.41) is 9.74. The number of nitrogens with zero attached hydrogens (tertiary/aromatic N) is 2. The maximum atomic E-state index is 12.0. The summed E-state index contributed by atoms with van der Waals surface area (Å²) in [6, 6.07) is 5.31. The fourth-order valence-corrected chi connectivity index (χ4v) is 2.50. The van der Waals surface area contributed by atoms with Gasteiger partial charge in [0.15, 0.2) is 11.5 Å². The maximum Gasteiger partial charge on any atom is 0.236 e. The lowest BCUT2D eigenvalue weighted by atomic mass is 10.2. The van der Waals surface area contributed by atoms with Crippen LogP contribution in [0, 0.1) is 0 Å². The van der Waals surface area contributed by atoms with Gasteiger partial charge in [0.05, 0.1) is 13.7 Å². The van der Waals surface area contributed by atoms with Gasteiger partial charge in [-0.25, -0.2) is 0 Å². The normalized spacial score (nSPS) is 14.8. The molecule has 0 bridgehead atoms. The third kappa shape index (κ3) is 3.63. The molecule has 1 aliphatic rings. The smallest absolute Gasteiger partial charge is 0.236 e. The molecule has 1 amide bonds. The molecule has 0 spiro atoms. The van der Waals surface area contributed by atoms with Gasteiger partial charge in [-0.1, -0.05) is 6.07 Å². The lowest BCUT2D eigenvalue weighted by molar-refractivity contribution is -0.131. The molecule has 0 aliphatic carbocycles. The first-order valence-electron chi connectivity index (χ1n) is 6.92. The summed E-state index contributed by atoms with van der Waals surface area (Å²) in [5.74, 6) is 0.775. The molecule has 1 N–H and O–H groups in total. The van der Waals surface area contributed by atoms with Crippen LogP contribution in [0.3, 0.4) is 0 Å². The van der Waals surface area contributed by atoms with Gasteiger partial charge in [-0.05, 0) is 37.6 Å². The van der Waals surface area contributed by atoms with Crippen LogP contribution in [0.5, 0.6) is 11.5 Å². The molecule has 1 saturated heterocycles. The van der Waals surface area contributed by atoms with Crippen molar-refractivity contribution in [2.24, 2.45) is 0 Å². The quantitative estimate of drug-likeness (QED) is 0.886. The van der Waals surface area contributed by atoms with E-state index in [9.17, 15) is 9.90 Å². The van der Waals surface area contributed by atoms with E-state index in [1.807, 2.05) is 22.9 Å². The summed E-state index contributed by atoms with van der Waals surface area (Å²) in [6.07, 6.45) is 2.23. The van der Waals surface area contributed by atoms with E-state index >= 15 is 0 Å². The number of benzene rings is 1. The van der Waals surface area contributed by atoms with Crippen molar-refractivity contribution in [2.45, 2.75) is 19.4 Å². The molecule has 110 valence electrons. The van der Waals surface area contributed by atoms with E-state index in [4.69, 9.17) is 4.74 Å². The SMILES string of the molecule is COc1ccc(CN(C)CC(=O)N2CCCC2)cc1O. The van der Waals surface area contributed by atoms with Crippen molar-refractivity contribution in [1.29, 1.82) is 0 Å². The molecule has 5 heteroatoms. The van der Waals surface area contributed by atoms with Gasteiger partial charge in [-0.3, -0.25) is 9.69 Å². The number of phenols is 1. The van der Waals surface area contributed by atoms with Crippen LogP contribution in [0.2, 0.25) is 0 Å². The maximum absolute atomic E-state index is 12.0. The molecular formula is C15H22N2O3. The van der Waals surface area contributed by atoms with Crippen molar-refractivity contribution >= 4 is 5.91 Å². The van der Waals surface area contributed by atoms with Gasteiger partial charge >= 0.3 is 0 Å². The Kier molecular flexibility index (Phi) is 4.84. The van der Waals surface area contributed by atoms with Gasteiger partial charge in [0.1, 0.15) is 0 Å². The monoisotopic (exact) mass is 278 g/mol. The van der Waals surface area contributed by atoms with E-state index in [1.165, 1.54) is 7.11 Å². The lowest BCUT2D eigenvalue weighted by Gasteiger charge is -2.21. The van der Waals surface area contributed by atoms with E-state index in [2.05, 4.69) is 0 Å². The lowest BCUT2D eigenvalue weighted by Crippen LogP contribution is -2.36. The summed E-state index contributed by atoms with van der Waals surface area (Å²) in [5.41, 5.74) is 0.958. The molecule has 0 radical (unpaired) electrons. The zero-order chi connectivity index (χ0) is 14.5. The number of hydrogen-bond acceptors (Lipinski definition) is 4. The van der Waals surface area contributed by atoms with Crippen LogP contribution in [0.15, 0.2) is 18.2 Å². The molecule has 0 atom stereocenters. The highest BCUT2D eigenvalue weighted by Crippen LogP contribution is 2.26. The summed E-state index contributed by atoms with van der Waals surface area (Å²) < 4.78 is 5.01. The minimum atomic E-state index is 0.129. The van der Waals surface area contributed by atoms with Crippen molar-refractivity contribution in [1.82, 2.24) is 9.80 Å². The predicted octanol–water partition coefficient (Wildman–Crippen LogP) is 1.45. The minimum Gasteiger partial charge on any atom is -0.504 e. The highest BCUT2D eigenvalue weighted by atomic mass is 16.5. The highest BCUT2D eigenvalue weighted by molar-refractivity contribution is 5.78. The molecule has 1 fully saturated rings. The second kappa shape index (κ2) is 6.61. The van der Waals surface area contributed by atoms with Crippen molar-refractivity contribution in [3.8, 4) is 11.5 Å². The second-order valence-electron chi connectivity index (χ2n) is 5.27. The molecule has 1 aromatic carbocycles. The van der Waals surface area contributed by atoms with Crippen LogP contribution in [0.25, 0.3) is 0 Å². The second-order valence-corrected chi connectivity index (χ2v) is 5.27. The Bertz CT molecular complexity index is 470. The van der Waals surface area contributed by atoms with Gasteiger partial charge in [0.25, 0.3) is 0 Å². The Morgan fingerprint density at radius 2 is 2.10 bits per heavy atom. The summed E-state index contributed by atoms with van der Waals surface area (Å²) in [6.45, 7) is 2.80. The standard InChI is InChI=1S/C15H22N2O3/c1-16(11-15(19)17-7-3-4-8-17)10-12-5-6-14(20-2)13(18)9-12/h5-6,9,18H,3-4,7-8,10-11H2,1-2H3. The summed E-state index contributed by atoms with van der Waals surface area (Å²) >= 11 is 0. The number of likely N-dealkylation sites (N-methyl/N-ethyl adjacent to an activating group) is 1. The third-order valence-electron chi connectivity index (χ3n) is 3.56. The molecule has 1 aromatic rings. The first kappa shape index (κ1) is 14.7. The van der Waals surface area contributed by atoms with Gasteiger partial charge in [0.2, 0.25) is 5.91 Å². The van der Waals surface area contributed by atoms with Crippen molar-refractivity contribution < 1.29 is 14.6 Å². The van der Waals surface area contributed by atoms with Crippen LogP contribution in [0.4, 0.5) is 0 Å². The average molecular weight is 278 g/mol. The summed E-state index contributed by atoms with van der Waals surface area (Å²) in [7, 11) is 3.44. The molecule has 1 aliphatic heterocycles. The predicted molar refractivity (Wildman–Crippen MR) is 76.8 cm³/mol. The molecule has 2 rings (SSSR count). The van der Waals surface area contributed by atoms with Crippen LogP contribution in [0.1, 0.15) is 18.4 Å². The molecule has 0 saturated carbocycles. The zero-order valence-corrected chi connectivity index (χ0v) is 12.1. The number of amides is 1. The van der Waals surface area contributed by atoms with Crippen molar-refractivity contribution in [3.63, 3.8) is 0 Å². The van der Waals surface area contributed by atoms with E-state index in [-0.39, 0.29) is 11.7 Å². The van der Waals surface area contributed by atoms with Crippen LogP contribution < -0.4 is 4.74 Å². The molecule has 1 heterocycles. The third-order valence-corrected chi connectivity index (χ3v) is 3.56. The first-order chi connectivity index (χ1) is 9.60. The number of aromatic hydroxyl groups is 1. The Morgan fingerprint density at radius 1 is 1.40 bits per heavy atom. The average Bonchev–Trinajstić information content (AvgIpc) is 2.92. The van der Waals surface area contributed by atoms with Crippen LogP contribution in [-0.2, 0) is 11.3 Å². The van der Waals surface area contributed by atoms with Gasteiger partial charge in [-0.15, -0.1) is 0 Å². The van der Waals surface area contributed by atoms with Crippen LogP contribution in [-0.4, -0.2) is 54.6 Å². The number of rotatable bonds is 5. The molecule has 0 aromatic heterocycles. The molecular weight excluding hydrogens is 256 g/mol. The number of phenolic OH excluding ortho intramolecular Hbond substituents is 1. The fourth-order valence-electron chi connectivity index (χ4n) is 2.50.